The number of nitrogens with zero attached hydrogens (tertiary/aromatic N) is 1. The number of hydrogen-bond acceptors (Lipinski definition) is 3. The molecule has 0 unspecified atom stereocenters. The minimum atomic E-state index is -0.357. The Labute approximate surface area is 71.9 Å². The molecule has 0 saturated carbocycles. The molecule has 0 aliphatic heterocycles. The SMILES string of the molecule is NNC(=O)c1cnccc1Br. The van der Waals surface area contributed by atoms with Crippen molar-refractivity contribution in [3.8, 4) is 0 Å². The molecule has 11 heavy (non-hydrogen) atoms. The summed E-state index contributed by atoms with van der Waals surface area (Å²) < 4.78 is 0.676. The van der Waals surface area contributed by atoms with Gasteiger partial charge in [0.25, 0.3) is 5.91 Å². The molecule has 0 aliphatic carbocycles. The van der Waals surface area contributed by atoms with Gasteiger partial charge in [0, 0.05) is 16.9 Å². The number of nitrogen functional groups attached to an aromatic ring is 1. The lowest BCUT2D eigenvalue weighted by Crippen LogP contribution is -2.30. The molecule has 0 spiro atoms. The van der Waals surface area contributed by atoms with Crippen LogP contribution in [0.25, 0.3) is 0 Å². The van der Waals surface area contributed by atoms with Crippen LogP contribution in [-0.4, -0.2) is 10.9 Å². The lowest BCUT2D eigenvalue weighted by atomic mass is 10.3. The van der Waals surface area contributed by atoms with Gasteiger partial charge in [-0.25, -0.2) is 5.84 Å². The van der Waals surface area contributed by atoms with Crippen LogP contribution < -0.4 is 11.3 Å². The Kier molecular flexibility index (Phi) is 2.56. The predicted molar refractivity (Wildman–Crippen MR) is 43.6 cm³/mol. The van der Waals surface area contributed by atoms with Gasteiger partial charge in [-0.15, -0.1) is 0 Å². The summed E-state index contributed by atoms with van der Waals surface area (Å²) in [6.45, 7) is 0. The summed E-state index contributed by atoms with van der Waals surface area (Å²) in [6, 6.07) is 1.67. The van der Waals surface area contributed by atoms with E-state index in [2.05, 4.69) is 20.9 Å². The maximum atomic E-state index is 10.9. The molecule has 0 bridgehead atoms. The molecule has 1 aromatic rings. The molecule has 1 aromatic heterocycles. The van der Waals surface area contributed by atoms with E-state index in [0.29, 0.717) is 10.0 Å². The fraction of sp³-hybridized carbons (Fsp3) is 0. The van der Waals surface area contributed by atoms with E-state index in [0.717, 1.165) is 0 Å². The van der Waals surface area contributed by atoms with Gasteiger partial charge in [0.15, 0.2) is 0 Å². The van der Waals surface area contributed by atoms with Crippen LogP contribution in [0.1, 0.15) is 10.4 Å². The van der Waals surface area contributed by atoms with Crippen molar-refractivity contribution in [1.29, 1.82) is 0 Å². The third-order valence-electron chi connectivity index (χ3n) is 1.14. The first kappa shape index (κ1) is 8.16. The van der Waals surface area contributed by atoms with Gasteiger partial charge in [-0.2, -0.15) is 0 Å². The van der Waals surface area contributed by atoms with Crippen molar-refractivity contribution in [2.45, 2.75) is 0 Å². The smallest absolute Gasteiger partial charge is 0.267 e. The van der Waals surface area contributed by atoms with E-state index in [9.17, 15) is 4.79 Å². The summed E-state index contributed by atoms with van der Waals surface area (Å²) in [5.41, 5.74) is 2.44. The number of nitrogens with one attached hydrogen (secondary N) is 1. The summed E-state index contributed by atoms with van der Waals surface area (Å²) in [5, 5.41) is 0. The van der Waals surface area contributed by atoms with Gasteiger partial charge >= 0.3 is 0 Å². The first-order valence-electron chi connectivity index (χ1n) is 2.86. The molecule has 1 amide bonds. The number of halogens is 1. The zero-order valence-electron chi connectivity index (χ0n) is 5.54. The largest absolute Gasteiger partial charge is 0.290 e. The molecule has 4 nitrogen and oxygen atoms in total. The molecule has 0 atom stereocenters. The van der Waals surface area contributed by atoms with Crippen molar-refractivity contribution in [3.63, 3.8) is 0 Å². The van der Waals surface area contributed by atoms with Gasteiger partial charge in [-0.3, -0.25) is 15.2 Å². The highest BCUT2D eigenvalue weighted by Crippen LogP contribution is 2.13. The van der Waals surface area contributed by atoms with Crippen molar-refractivity contribution < 1.29 is 4.79 Å². The Morgan fingerprint density at radius 2 is 2.45 bits per heavy atom. The lowest BCUT2D eigenvalue weighted by Gasteiger charge is -1.99. The van der Waals surface area contributed by atoms with Crippen LogP contribution in [0.5, 0.6) is 0 Å². The Balaban J connectivity index is 3.03. The van der Waals surface area contributed by atoms with Crippen molar-refractivity contribution in [1.82, 2.24) is 10.4 Å². The van der Waals surface area contributed by atoms with Gasteiger partial charge in [0.05, 0.1) is 5.56 Å². The second-order valence-electron chi connectivity index (χ2n) is 1.83. The van der Waals surface area contributed by atoms with E-state index in [1.165, 1.54) is 6.20 Å². The number of hydrazine groups is 1. The Bertz CT molecular complexity index is 276. The van der Waals surface area contributed by atoms with Crippen molar-refractivity contribution in [3.05, 3.63) is 28.5 Å². The summed E-state index contributed by atoms with van der Waals surface area (Å²) in [5.74, 6) is 4.57. The van der Waals surface area contributed by atoms with Crippen molar-refractivity contribution >= 4 is 21.8 Å². The minimum absolute atomic E-state index is 0.357. The molecule has 1 heterocycles. The Hall–Kier alpha value is -0.940. The molecule has 3 N–H and O–H groups in total. The number of pyridine rings is 1. The third-order valence-corrected chi connectivity index (χ3v) is 1.84. The van der Waals surface area contributed by atoms with Crippen LogP contribution in [0.4, 0.5) is 0 Å². The number of aromatic nitrogens is 1. The standard InChI is InChI=1S/C6H6BrN3O/c7-5-1-2-9-3-4(5)6(11)10-8/h1-3H,8H2,(H,10,11). The molecule has 0 fully saturated rings. The van der Waals surface area contributed by atoms with Crippen LogP contribution >= 0.6 is 15.9 Å². The Morgan fingerprint density at radius 1 is 1.73 bits per heavy atom. The maximum Gasteiger partial charge on any atom is 0.267 e. The second kappa shape index (κ2) is 3.45. The van der Waals surface area contributed by atoms with Crippen LogP contribution in [-0.2, 0) is 0 Å². The van der Waals surface area contributed by atoms with E-state index >= 15 is 0 Å². The molecular weight excluding hydrogens is 210 g/mol. The zero-order valence-corrected chi connectivity index (χ0v) is 7.13. The molecule has 0 aliphatic rings. The quantitative estimate of drug-likeness (QED) is 0.406. The first-order chi connectivity index (χ1) is 5.25. The van der Waals surface area contributed by atoms with Crippen LogP contribution in [0.15, 0.2) is 22.9 Å². The van der Waals surface area contributed by atoms with E-state index in [-0.39, 0.29) is 5.91 Å². The van der Waals surface area contributed by atoms with Gasteiger partial charge in [-0.1, -0.05) is 0 Å². The van der Waals surface area contributed by atoms with E-state index in [4.69, 9.17) is 5.84 Å². The van der Waals surface area contributed by atoms with Crippen molar-refractivity contribution in [2.75, 3.05) is 0 Å². The topological polar surface area (TPSA) is 68.0 Å². The average Bonchev–Trinajstić information content (AvgIpc) is 2.04. The van der Waals surface area contributed by atoms with Crippen molar-refractivity contribution in [2.24, 2.45) is 5.84 Å². The Morgan fingerprint density at radius 3 is 3.00 bits per heavy atom. The molecule has 0 aromatic carbocycles. The molecule has 58 valence electrons. The second-order valence-corrected chi connectivity index (χ2v) is 2.68. The van der Waals surface area contributed by atoms with Crippen LogP contribution in [0.2, 0.25) is 0 Å². The highest BCUT2D eigenvalue weighted by molar-refractivity contribution is 9.10. The molecule has 0 radical (unpaired) electrons. The van der Waals surface area contributed by atoms with Crippen LogP contribution in [0.3, 0.4) is 0 Å². The lowest BCUT2D eigenvalue weighted by molar-refractivity contribution is 0.0952. The van der Waals surface area contributed by atoms with E-state index < -0.39 is 0 Å². The van der Waals surface area contributed by atoms with Crippen LogP contribution in [0, 0.1) is 0 Å². The number of carbonyl (C=O) groups is 1. The molecular formula is C6H6BrN3O. The van der Waals surface area contributed by atoms with Gasteiger partial charge in [-0.05, 0) is 22.0 Å². The van der Waals surface area contributed by atoms with Gasteiger partial charge in [0.2, 0.25) is 0 Å². The number of rotatable bonds is 1. The first-order valence-corrected chi connectivity index (χ1v) is 3.65. The fourth-order valence-corrected chi connectivity index (χ4v) is 1.02. The average molecular weight is 216 g/mol. The minimum Gasteiger partial charge on any atom is -0.290 e. The zero-order chi connectivity index (χ0) is 8.27. The number of hydrogen-bond donors (Lipinski definition) is 2. The third kappa shape index (κ3) is 1.75. The van der Waals surface area contributed by atoms with Gasteiger partial charge < -0.3 is 0 Å². The fourth-order valence-electron chi connectivity index (χ4n) is 0.622. The monoisotopic (exact) mass is 215 g/mol. The number of amides is 1. The van der Waals surface area contributed by atoms with Gasteiger partial charge in [0.1, 0.15) is 0 Å². The molecule has 0 saturated heterocycles. The highest BCUT2D eigenvalue weighted by Gasteiger charge is 2.06. The molecule has 5 heteroatoms. The summed E-state index contributed by atoms with van der Waals surface area (Å²) >= 11 is 3.18. The summed E-state index contributed by atoms with van der Waals surface area (Å²) in [6.07, 6.45) is 3.02. The number of carbonyl (C=O) groups excluding carboxylic acids is 1. The highest BCUT2D eigenvalue weighted by atomic mass is 79.9. The van der Waals surface area contributed by atoms with E-state index in [1.54, 1.807) is 12.3 Å². The maximum absolute atomic E-state index is 10.9. The predicted octanol–water partition coefficient (Wildman–Crippen LogP) is 0.448. The summed E-state index contributed by atoms with van der Waals surface area (Å²) in [4.78, 5) is 14.7. The number of nitrogens with two attached hydrogens (primary N) is 1. The van der Waals surface area contributed by atoms with E-state index in [1.807, 2.05) is 5.43 Å². The summed E-state index contributed by atoms with van der Waals surface area (Å²) in [7, 11) is 0. The molecule has 1 rings (SSSR count). The normalized spacial score (nSPS) is 9.27.